The summed E-state index contributed by atoms with van der Waals surface area (Å²) in [7, 11) is -3.91. The van der Waals surface area contributed by atoms with Gasteiger partial charge in [-0.15, -0.1) is 0 Å². The van der Waals surface area contributed by atoms with Gasteiger partial charge < -0.3 is 8.85 Å². The summed E-state index contributed by atoms with van der Waals surface area (Å²) < 4.78 is 13.8. The molecule has 3 atom stereocenters. The highest BCUT2D eigenvalue weighted by Crippen LogP contribution is 2.41. The predicted molar refractivity (Wildman–Crippen MR) is 149 cm³/mol. The van der Waals surface area contributed by atoms with E-state index in [1.807, 2.05) is 0 Å². The molecular weight excluding hydrogens is 440 g/mol. The molecule has 5 heteroatoms. The zero-order chi connectivity index (χ0) is 25.7. The molecule has 1 fully saturated rings. The SMILES string of the molecule is C=C1C(=O)CC[C@@]1(/C=C/C(CC(C)CCCC)O[Si](C)(C)C(C)(C)C)O[Si](C)(C)CC(C)C. The number of carbonyl (C=O) groups is 1. The molecule has 0 aromatic rings. The predicted octanol–water partition coefficient (Wildman–Crippen LogP) is 8.69. The maximum atomic E-state index is 12.6. The van der Waals surface area contributed by atoms with Gasteiger partial charge in [0, 0.05) is 12.0 Å². The minimum atomic E-state index is -1.97. The molecule has 0 aliphatic heterocycles. The molecule has 0 aromatic carbocycles. The molecule has 2 unspecified atom stereocenters. The monoisotopic (exact) mass is 494 g/mol. The fourth-order valence-electron chi connectivity index (χ4n) is 4.74. The zero-order valence-corrected chi connectivity index (χ0v) is 25.8. The second-order valence-electron chi connectivity index (χ2n) is 13.0. The van der Waals surface area contributed by atoms with Gasteiger partial charge in [-0.2, -0.15) is 0 Å². The van der Waals surface area contributed by atoms with Crippen molar-refractivity contribution >= 4 is 22.4 Å². The van der Waals surface area contributed by atoms with Gasteiger partial charge in [-0.05, 0) is 61.9 Å². The average Bonchev–Trinajstić information content (AvgIpc) is 2.90. The normalized spacial score (nSPS) is 22.5. The first kappa shape index (κ1) is 30.5. The molecule has 1 saturated carbocycles. The van der Waals surface area contributed by atoms with E-state index in [1.165, 1.54) is 19.3 Å². The lowest BCUT2D eigenvalue weighted by Crippen LogP contribution is -2.45. The van der Waals surface area contributed by atoms with Crippen molar-refractivity contribution < 1.29 is 13.6 Å². The molecule has 1 rings (SSSR count). The highest BCUT2D eigenvalue weighted by Gasteiger charge is 2.46. The molecule has 3 nitrogen and oxygen atoms in total. The Kier molecular flexibility index (Phi) is 11.1. The van der Waals surface area contributed by atoms with Crippen LogP contribution in [0.15, 0.2) is 24.3 Å². The Hall–Kier alpha value is -0.496. The van der Waals surface area contributed by atoms with E-state index in [2.05, 4.69) is 93.4 Å². The number of unbranched alkanes of at least 4 members (excludes halogenated alkanes) is 1. The Labute approximate surface area is 208 Å². The number of rotatable bonds is 13. The Balaban J connectivity index is 3.26. The van der Waals surface area contributed by atoms with Crippen LogP contribution in [-0.4, -0.2) is 34.1 Å². The number of hydrogen-bond donors (Lipinski definition) is 0. The first-order chi connectivity index (χ1) is 14.9. The van der Waals surface area contributed by atoms with Gasteiger partial charge in [0.1, 0.15) is 5.60 Å². The van der Waals surface area contributed by atoms with E-state index in [4.69, 9.17) is 8.85 Å². The maximum Gasteiger partial charge on any atom is 0.192 e. The van der Waals surface area contributed by atoms with Gasteiger partial charge in [0.2, 0.25) is 0 Å². The minimum Gasteiger partial charge on any atom is -0.411 e. The van der Waals surface area contributed by atoms with Gasteiger partial charge in [0.25, 0.3) is 0 Å². The largest absolute Gasteiger partial charge is 0.411 e. The van der Waals surface area contributed by atoms with Gasteiger partial charge >= 0.3 is 0 Å². The van der Waals surface area contributed by atoms with Crippen LogP contribution in [0.25, 0.3) is 0 Å². The van der Waals surface area contributed by atoms with Crippen LogP contribution in [-0.2, 0) is 13.6 Å². The van der Waals surface area contributed by atoms with E-state index in [0.717, 1.165) is 12.5 Å². The van der Waals surface area contributed by atoms with Crippen LogP contribution in [0.1, 0.15) is 87.0 Å². The number of Topliss-reactive ketones (excluding diaryl/α,β-unsaturated/α-hetero) is 1. The summed E-state index contributed by atoms with van der Waals surface area (Å²) in [5.74, 6) is 1.32. The molecule has 1 aliphatic carbocycles. The molecular formula is C28H54O3Si2. The Bertz CT molecular complexity index is 688. The molecule has 192 valence electrons. The fraction of sp³-hybridized carbons (Fsp3) is 0.821. The molecule has 33 heavy (non-hydrogen) atoms. The van der Waals surface area contributed by atoms with Crippen LogP contribution >= 0.6 is 0 Å². The smallest absolute Gasteiger partial charge is 0.192 e. The van der Waals surface area contributed by atoms with Crippen LogP contribution in [0.3, 0.4) is 0 Å². The lowest BCUT2D eigenvalue weighted by Gasteiger charge is -2.40. The molecule has 0 radical (unpaired) electrons. The van der Waals surface area contributed by atoms with Crippen LogP contribution < -0.4 is 0 Å². The third kappa shape index (κ3) is 9.23. The van der Waals surface area contributed by atoms with Gasteiger partial charge in [0.05, 0.1) is 6.10 Å². The van der Waals surface area contributed by atoms with Crippen molar-refractivity contribution in [2.24, 2.45) is 11.8 Å². The second-order valence-corrected chi connectivity index (χ2v) is 21.9. The summed E-state index contributed by atoms with van der Waals surface area (Å²) >= 11 is 0. The summed E-state index contributed by atoms with van der Waals surface area (Å²) in [4.78, 5) is 12.6. The molecule has 0 amide bonds. The molecule has 0 bridgehead atoms. The summed E-state index contributed by atoms with van der Waals surface area (Å²) in [6, 6.07) is 1.07. The Morgan fingerprint density at radius 1 is 1.15 bits per heavy atom. The molecule has 0 spiro atoms. The van der Waals surface area contributed by atoms with Gasteiger partial charge in [-0.3, -0.25) is 4.79 Å². The van der Waals surface area contributed by atoms with E-state index in [9.17, 15) is 4.79 Å². The van der Waals surface area contributed by atoms with Crippen LogP contribution in [0, 0.1) is 11.8 Å². The van der Waals surface area contributed by atoms with Gasteiger partial charge in [-0.25, -0.2) is 0 Å². The number of hydrogen-bond acceptors (Lipinski definition) is 3. The lowest BCUT2D eigenvalue weighted by atomic mass is 9.94. The van der Waals surface area contributed by atoms with E-state index in [1.54, 1.807) is 0 Å². The topological polar surface area (TPSA) is 35.5 Å². The average molecular weight is 495 g/mol. The summed E-state index contributed by atoms with van der Waals surface area (Å²) in [6.45, 7) is 29.4. The molecule has 0 saturated heterocycles. The van der Waals surface area contributed by atoms with Crippen LogP contribution in [0.4, 0.5) is 0 Å². The van der Waals surface area contributed by atoms with Crippen molar-refractivity contribution in [3.8, 4) is 0 Å². The van der Waals surface area contributed by atoms with E-state index >= 15 is 0 Å². The zero-order valence-electron chi connectivity index (χ0n) is 23.8. The van der Waals surface area contributed by atoms with E-state index < -0.39 is 22.2 Å². The molecule has 0 heterocycles. The van der Waals surface area contributed by atoms with Crippen molar-refractivity contribution in [1.82, 2.24) is 0 Å². The Morgan fingerprint density at radius 3 is 2.21 bits per heavy atom. The third-order valence-corrected chi connectivity index (χ3v) is 14.7. The maximum absolute atomic E-state index is 12.6. The number of carbonyl (C=O) groups excluding carboxylic acids is 1. The molecule has 0 aromatic heterocycles. The van der Waals surface area contributed by atoms with Crippen molar-refractivity contribution in [3.05, 3.63) is 24.3 Å². The Morgan fingerprint density at radius 2 is 1.76 bits per heavy atom. The first-order valence-electron chi connectivity index (χ1n) is 13.2. The molecule has 1 aliphatic rings. The highest BCUT2D eigenvalue weighted by molar-refractivity contribution is 6.74. The summed E-state index contributed by atoms with van der Waals surface area (Å²) in [6.07, 6.45) is 10.4. The van der Waals surface area contributed by atoms with Gasteiger partial charge in [0.15, 0.2) is 22.4 Å². The quantitative estimate of drug-likeness (QED) is 0.146. The summed E-state index contributed by atoms with van der Waals surface area (Å²) in [5.41, 5.74) is -0.0307. The second kappa shape index (κ2) is 12.0. The van der Waals surface area contributed by atoms with E-state index in [0.29, 0.717) is 30.3 Å². The van der Waals surface area contributed by atoms with Crippen molar-refractivity contribution in [1.29, 1.82) is 0 Å². The highest BCUT2D eigenvalue weighted by atomic mass is 28.4. The first-order valence-corrected chi connectivity index (χ1v) is 19.3. The summed E-state index contributed by atoms with van der Waals surface area (Å²) in [5, 5.41) is 0.152. The number of ketones is 1. The van der Waals surface area contributed by atoms with Crippen molar-refractivity contribution in [3.63, 3.8) is 0 Å². The minimum absolute atomic E-state index is 0.0385. The lowest BCUT2D eigenvalue weighted by molar-refractivity contribution is -0.114. The molecule has 0 N–H and O–H groups in total. The third-order valence-electron chi connectivity index (χ3n) is 7.45. The van der Waals surface area contributed by atoms with Crippen molar-refractivity contribution in [2.45, 2.75) is 136 Å². The van der Waals surface area contributed by atoms with Gasteiger partial charge in [-0.1, -0.05) is 86.5 Å². The van der Waals surface area contributed by atoms with Crippen LogP contribution in [0.5, 0.6) is 0 Å². The van der Waals surface area contributed by atoms with Crippen LogP contribution in [0.2, 0.25) is 37.3 Å². The van der Waals surface area contributed by atoms with Crippen molar-refractivity contribution in [2.75, 3.05) is 0 Å². The standard InChI is InChI=1S/C28H54O3Si2/c1-13-14-15-23(4)20-25(30-33(11,12)27(6,7)8)16-18-28(19-17-26(29)24(28)5)31-32(9,10)21-22(2)3/h16,18,22-23,25H,5,13-15,17,19-21H2,1-4,6-12H3/b18-16+/t23?,25?,28-/m1/s1. The van der Waals surface area contributed by atoms with E-state index in [-0.39, 0.29) is 16.9 Å². The fourth-order valence-corrected chi connectivity index (χ4v) is 9.35.